The summed E-state index contributed by atoms with van der Waals surface area (Å²) in [5, 5.41) is 26.4. The lowest BCUT2D eigenvalue weighted by Gasteiger charge is -2.26. The van der Waals surface area contributed by atoms with Crippen molar-refractivity contribution in [3.8, 4) is 5.75 Å². The predicted octanol–water partition coefficient (Wildman–Crippen LogP) is 0.346. The van der Waals surface area contributed by atoms with E-state index in [9.17, 15) is 19.8 Å². The van der Waals surface area contributed by atoms with Crippen molar-refractivity contribution in [2.24, 2.45) is 0 Å². The Balaban J connectivity index is 1.52. The van der Waals surface area contributed by atoms with E-state index >= 15 is 0 Å². The number of rotatable bonds is 7. The number of hydrogen-bond acceptors (Lipinski definition) is 6. The van der Waals surface area contributed by atoms with Gasteiger partial charge in [-0.05, 0) is 30.3 Å². The highest BCUT2D eigenvalue weighted by Gasteiger charge is 2.48. The lowest BCUT2D eigenvalue weighted by atomic mass is 9.96. The topological polar surface area (TPSA) is 117 Å². The molecule has 0 radical (unpaired) electrons. The zero-order valence-corrected chi connectivity index (χ0v) is 16.0. The van der Waals surface area contributed by atoms with Crippen molar-refractivity contribution < 1.29 is 29.3 Å². The summed E-state index contributed by atoms with van der Waals surface area (Å²) in [6.45, 7) is -0.336. The van der Waals surface area contributed by atoms with Crippen molar-refractivity contribution >= 4 is 11.8 Å². The Labute approximate surface area is 168 Å². The van der Waals surface area contributed by atoms with Gasteiger partial charge in [-0.1, -0.05) is 24.3 Å². The molecule has 0 saturated carbocycles. The van der Waals surface area contributed by atoms with Crippen LogP contribution in [0.4, 0.5) is 0 Å². The Morgan fingerprint density at radius 1 is 1.10 bits per heavy atom. The Kier molecular flexibility index (Phi) is 6.48. The third-order valence-corrected chi connectivity index (χ3v) is 4.84. The molecular weight excluding hydrogens is 376 g/mol. The number of carbonyl (C=O) groups excluding carboxylic acids is 2. The molecule has 154 valence electrons. The largest absolute Gasteiger partial charge is 0.497 e. The minimum Gasteiger partial charge on any atom is -0.497 e. The van der Waals surface area contributed by atoms with Gasteiger partial charge in [-0.25, -0.2) is 0 Å². The average molecular weight is 400 g/mol. The second kappa shape index (κ2) is 9.04. The van der Waals surface area contributed by atoms with Crippen molar-refractivity contribution in [1.29, 1.82) is 0 Å². The van der Waals surface area contributed by atoms with Gasteiger partial charge in [0.05, 0.1) is 20.3 Å². The van der Waals surface area contributed by atoms with Crippen molar-refractivity contribution in [2.45, 2.75) is 17.8 Å². The van der Waals surface area contributed by atoms with E-state index in [0.717, 1.165) is 0 Å². The molecule has 1 aliphatic rings. The van der Waals surface area contributed by atoms with Gasteiger partial charge in [0.15, 0.2) is 0 Å². The molecule has 1 saturated heterocycles. The van der Waals surface area contributed by atoms with Crippen molar-refractivity contribution in [3.05, 3.63) is 65.7 Å². The van der Waals surface area contributed by atoms with Crippen LogP contribution < -0.4 is 15.4 Å². The van der Waals surface area contributed by atoms with Gasteiger partial charge in [0.25, 0.3) is 11.8 Å². The highest BCUT2D eigenvalue weighted by atomic mass is 16.5. The summed E-state index contributed by atoms with van der Waals surface area (Å²) in [7, 11) is 1.51. The van der Waals surface area contributed by atoms with Crippen molar-refractivity contribution in [3.63, 3.8) is 0 Å². The van der Waals surface area contributed by atoms with E-state index in [1.807, 2.05) is 0 Å². The lowest BCUT2D eigenvalue weighted by molar-refractivity contribution is -0.0464. The molecule has 0 aromatic heterocycles. The summed E-state index contributed by atoms with van der Waals surface area (Å²) in [4.78, 5) is 24.4. The number of hydrogen-bond donors (Lipinski definition) is 4. The zero-order valence-electron chi connectivity index (χ0n) is 16.0. The van der Waals surface area contributed by atoms with E-state index in [-0.39, 0.29) is 31.5 Å². The molecule has 0 aliphatic carbocycles. The van der Waals surface area contributed by atoms with Crippen LogP contribution in [0.1, 0.15) is 20.7 Å². The summed E-state index contributed by atoms with van der Waals surface area (Å²) in [5.74, 6) is -0.160. The van der Waals surface area contributed by atoms with Crippen LogP contribution in [-0.4, -0.2) is 66.6 Å². The number of nitrogens with one attached hydrogen (secondary N) is 2. The number of ether oxygens (including phenoxy) is 2. The van der Waals surface area contributed by atoms with Crippen LogP contribution in [0, 0.1) is 0 Å². The fraction of sp³-hybridized carbons (Fsp3) is 0.333. The number of methoxy groups -OCH3 is 1. The smallest absolute Gasteiger partial charge is 0.251 e. The van der Waals surface area contributed by atoms with Gasteiger partial charge in [-0.15, -0.1) is 0 Å². The van der Waals surface area contributed by atoms with Gasteiger partial charge >= 0.3 is 0 Å². The molecule has 29 heavy (non-hydrogen) atoms. The third kappa shape index (κ3) is 4.92. The van der Waals surface area contributed by atoms with Crippen LogP contribution in [0.2, 0.25) is 0 Å². The molecule has 3 atom stereocenters. The van der Waals surface area contributed by atoms with E-state index in [0.29, 0.717) is 16.9 Å². The summed E-state index contributed by atoms with van der Waals surface area (Å²) < 4.78 is 10.6. The maximum Gasteiger partial charge on any atom is 0.251 e. The number of carbonyl (C=O) groups is 2. The number of aliphatic hydroxyl groups is 2. The van der Waals surface area contributed by atoms with E-state index in [1.54, 1.807) is 54.6 Å². The Morgan fingerprint density at radius 3 is 2.52 bits per heavy atom. The standard InChI is InChI=1S/C21H24N2O6/c1-28-16-9-5-8-15(10-16)20(26)22-11-17-18(24)21(27,13-29-17)12-23-19(25)14-6-3-2-4-7-14/h2-10,17-18,24,27H,11-13H2,1H3,(H,22,26)(H,23,25)/t17-,18-,21+/m1/s1. The van der Waals surface area contributed by atoms with Gasteiger partial charge in [-0.3, -0.25) is 9.59 Å². The molecule has 8 heteroatoms. The quantitative estimate of drug-likeness (QED) is 0.533. The molecule has 0 spiro atoms. The molecule has 3 rings (SSSR count). The highest BCUT2D eigenvalue weighted by Crippen LogP contribution is 2.24. The fourth-order valence-corrected chi connectivity index (χ4v) is 3.08. The third-order valence-electron chi connectivity index (χ3n) is 4.84. The monoisotopic (exact) mass is 400 g/mol. The summed E-state index contributed by atoms with van der Waals surface area (Å²) in [6, 6.07) is 15.2. The number of amides is 2. The fourth-order valence-electron chi connectivity index (χ4n) is 3.08. The zero-order chi connectivity index (χ0) is 20.9. The second-order valence-corrected chi connectivity index (χ2v) is 6.89. The predicted molar refractivity (Wildman–Crippen MR) is 105 cm³/mol. The van der Waals surface area contributed by atoms with Crippen LogP contribution in [-0.2, 0) is 4.74 Å². The normalized spacial score (nSPS) is 23.4. The lowest BCUT2D eigenvalue weighted by Crippen LogP contribution is -2.53. The van der Waals surface area contributed by atoms with E-state index < -0.39 is 17.8 Å². The van der Waals surface area contributed by atoms with Crippen molar-refractivity contribution in [1.82, 2.24) is 10.6 Å². The maximum atomic E-state index is 12.3. The first-order valence-corrected chi connectivity index (χ1v) is 9.20. The first-order valence-electron chi connectivity index (χ1n) is 9.20. The molecule has 1 heterocycles. The van der Waals surface area contributed by atoms with Gasteiger partial charge in [0.1, 0.15) is 23.6 Å². The summed E-state index contributed by atoms with van der Waals surface area (Å²) in [5.41, 5.74) is -0.788. The van der Waals surface area contributed by atoms with Gasteiger partial charge < -0.3 is 30.3 Å². The first kappa shape index (κ1) is 20.8. The SMILES string of the molecule is COc1cccc(C(=O)NC[C@H]2OC[C@@](O)(CNC(=O)c3ccccc3)[C@@H]2O)c1. The van der Waals surface area contributed by atoms with E-state index in [1.165, 1.54) is 7.11 Å². The molecule has 1 aliphatic heterocycles. The molecule has 0 bridgehead atoms. The van der Waals surface area contributed by atoms with Gasteiger partial charge in [0, 0.05) is 17.7 Å². The van der Waals surface area contributed by atoms with Crippen LogP contribution in [0.3, 0.4) is 0 Å². The Hall–Kier alpha value is -2.94. The van der Waals surface area contributed by atoms with Crippen LogP contribution in [0.5, 0.6) is 5.75 Å². The molecule has 2 amide bonds. The molecule has 0 unspecified atom stereocenters. The molecule has 2 aromatic carbocycles. The van der Waals surface area contributed by atoms with Gasteiger partial charge in [-0.2, -0.15) is 0 Å². The number of benzene rings is 2. The molecule has 8 nitrogen and oxygen atoms in total. The number of aliphatic hydroxyl groups excluding tert-OH is 1. The Morgan fingerprint density at radius 2 is 1.79 bits per heavy atom. The summed E-state index contributed by atoms with van der Waals surface area (Å²) >= 11 is 0. The van der Waals surface area contributed by atoms with Crippen LogP contribution in [0.15, 0.2) is 54.6 Å². The van der Waals surface area contributed by atoms with Gasteiger partial charge in [0.2, 0.25) is 0 Å². The van der Waals surface area contributed by atoms with E-state index in [4.69, 9.17) is 9.47 Å². The first-order chi connectivity index (χ1) is 13.9. The minimum atomic E-state index is -1.64. The second-order valence-electron chi connectivity index (χ2n) is 6.89. The van der Waals surface area contributed by atoms with Crippen molar-refractivity contribution in [2.75, 3.05) is 26.8 Å². The molecule has 1 fully saturated rings. The molecule has 4 N–H and O–H groups in total. The summed E-state index contributed by atoms with van der Waals surface area (Å²) in [6.07, 6.45) is -2.08. The van der Waals surface area contributed by atoms with Crippen LogP contribution >= 0.6 is 0 Å². The maximum absolute atomic E-state index is 12.3. The highest BCUT2D eigenvalue weighted by molar-refractivity contribution is 5.94. The molecule has 2 aromatic rings. The molecular formula is C21H24N2O6. The Bertz CT molecular complexity index is 859. The minimum absolute atomic E-state index is 0.00610. The van der Waals surface area contributed by atoms with Crippen LogP contribution in [0.25, 0.3) is 0 Å². The average Bonchev–Trinajstić information content (AvgIpc) is 3.05. The van der Waals surface area contributed by atoms with E-state index in [2.05, 4.69) is 10.6 Å².